The Kier molecular flexibility index (Phi) is 15.0. The molecule has 0 aromatic carbocycles. The van der Waals surface area contributed by atoms with Crippen LogP contribution in [0.3, 0.4) is 0 Å². The maximum absolute atomic E-state index is 3.87. The van der Waals surface area contributed by atoms with Crippen molar-refractivity contribution in [2.24, 2.45) is 0 Å². The fourth-order valence-corrected chi connectivity index (χ4v) is 1.88. The van der Waals surface area contributed by atoms with Crippen LogP contribution in [0.25, 0.3) is 0 Å². The van der Waals surface area contributed by atoms with Crippen molar-refractivity contribution in [2.45, 2.75) is 77.6 Å². The van der Waals surface area contributed by atoms with Crippen molar-refractivity contribution in [1.82, 2.24) is 0 Å². The molecule has 0 fully saturated rings. The standard InChI is InChI=1S/C17H31/c1-3-5-7-9-11-13-15-17-16-14-12-10-8-6-4-2/h6,8,12,14H,1,3-5,7,9-11,13,15-17H2,2H3. The Bertz CT molecular complexity index is 176. The van der Waals surface area contributed by atoms with Crippen LogP contribution in [0.15, 0.2) is 24.3 Å². The fraction of sp³-hybridized carbons (Fsp3) is 0.706. The second-order valence-corrected chi connectivity index (χ2v) is 4.70. The summed E-state index contributed by atoms with van der Waals surface area (Å²) in [7, 11) is 0. The van der Waals surface area contributed by atoms with Gasteiger partial charge < -0.3 is 0 Å². The van der Waals surface area contributed by atoms with E-state index >= 15 is 0 Å². The zero-order valence-corrected chi connectivity index (χ0v) is 11.8. The molecule has 0 unspecified atom stereocenters. The van der Waals surface area contributed by atoms with Gasteiger partial charge in [-0.3, -0.25) is 0 Å². The van der Waals surface area contributed by atoms with Gasteiger partial charge in [0.1, 0.15) is 0 Å². The molecule has 0 aliphatic carbocycles. The van der Waals surface area contributed by atoms with Crippen LogP contribution in [0.1, 0.15) is 77.6 Å². The van der Waals surface area contributed by atoms with E-state index in [1.54, 1.807) is 0 Å². The summed E-state index contributed by atoms with van der Waals surface area (Å²) in [5.74, 6) is 0. The van der Waals surface area contributed by atoms with Gasteiger partial charge in [0.05, 0.1) is 0 Å². The number of hydrogen-bond donors (Lipinski definition) is 0. The molecule has 1 radical (unpaired) electrons. The lowest BCUT2D eigenvalue weighted by molar-refractivity contribution is 0.583. The molecule has 0 saturated heterocycles. The predicted molar refractivity (Wildman–Crippen MR) is 80.1 cm³/mol. The fourth-order valence-electron chi connectivity index (χ4n) is 1.88. The zero-order chi connectivity index (χ0) is 12.6. The maximum atomic E-state index is 3.87. The first-order valence-electron chi connectivity index (χ1n) is 7.51. The second-order valence-electron chi connectivity index (χ2n) is 4.70. The third kappa shape index (κ3) is 15.5. The first-order chi connectivity index (χ1) is 8.41. The monoisotopic (exact) mass is 235 g/mol. The molecule has 0 aromatic heterocycles. The quantitative estimate of drug-likeness (QED) is 0.277. The Labute approximate surface area is 109 Å². The van der Waals surface area contributed by atoms with Crippen molar-refractivity contribution >= 4 is 0 Å². The van der Waals surface area contributed by atoms with Gasteiger partial charge in [-0.2, -0.15) is 0 Å². The van der Waals surface area contributed by atoms with Crippen molar-refractivity contribution in [3.8, 4) is 0 Å². The summed E-state index contributed by atoms with van der Waals surface area (Å²) in [6.45, 7) is 6.05. The highest BCUT2D eigenvalue weighted by molar-refractivity contribution is 4.92. The van der Waals surface area contributed by atoms with E-state index in [2.05, 4.69) is 38.2 Å². The third-order valence-corrected chi connectivity index (χ3v) is 2.96. The molecule has 0 heteroatoms. The first-order valence-corrected chi connectivity index (χ1v) is 7.51. The summed E-state index contributed by atoms with van der Waals surface area (Å²) in [4.78, 5) is 0. The van der Waals surface area contributed by atoms with Crippen molar-refractivity contribution in [1.29, 1.82) is 0 Å². The Balaban J connectivity index is 3.05. The van der Waals surface area contributed by atoms with Crippen LogP contribution < -0.4 is 0 Å². The van der Waals surface area contributed by atoms with Gasteiger partial charge in [0.15, 0.2) is 0 Å². The molecule has 0 aromatic rings. The van der Waals surface area contributed by atoms with Gasteiger partial charge in [0, 0.05) is 0 Å². The van der Waals surface area contributed by atoms with Crippen LogP contribution in [0.2, 0.25) is 0 Å². The summed E-state index contributed by atoms with van der Waals surface area (Å²) < 4.78 is 0. The SMILES string of the molecule is [CH2]CCCCCCCCCC=CCC=CCC. The lowest BCUT2D eigenvalue weighted by Gasteiger charge is -1.99. The van der Waals surface area contributed by atoms with E-state index in [0.29, 0.717) is 0 Å². The Morgan fingerprint density at radius 3 is 1.94 bits per heavy atom. The summed E-state index contributed by atoms with van der Waals surface area (Å²) in [6.07, 6.45) is 23.5. The topological polar surface area (TPSA) is 0 Å². The van der Waals surface area contributed by atoms with E-state index in [1.807, 2.05) is 0 Å². The molecule has 0 saturated carbocycles. The molecule has 17 heavy (non-hydrogen) atoms. The molecule has 0 bridgehead atoms. The minimum absolute atomic E-state index is 1.11. The van der Waals surface area contributed by atoms with E-state index in [0.717, 1.165) is 19.3 Å². The van der Waals surface area contributed by atoms with E-state index in [-0.39, 0.29) is 0 Å². The summed E-state index contributed by atoms with van der Waals surface area (Å²) >= 11 is 0. The molecule has 99 valence electrons. The first kappa shape index (κ1) is 16.5. The lowest BCUT2D eigenvalue weighted by Crippen LogP contribution is -1.79. The molecule has 0 nitrogen and oxygen atoms in total. The zero-order valence-electron chi connectivity index (χ0n) is 11.8. The molecule has 0 heterocycles. The van der Waals surface area contributed by atoms with Crippen molar-refractivity contribution in [3.63, 3.8) is 0 Å². The van der Waals surface area contributed by atoms with Crippen LogP contribution in [0.4, 0.5) is 0 Å². The number of rotatable bonds is 12. The third-order valence-electron chi connectivity index (χ3n) is 2.96. The smallest absolute Gasteiger partial charge is 0.0169 e. The van der Waals surface area contributed by atoms with E-state index in [4.69, 9.17) is 0 Å². The van der Waals surface area contributed by atoms with Gasteiger partial charge in [-0.25, -0.2) is 0 Å². The average Bonchev–Trinajstić information content (AvgIpc) is 2.35. The summed E-state index contributed by atoms with van der Waals surface area (Å²) in [5, 5.41) is 0. The molecule has 0 amide bonds. The highest BCUT2D eigenvalue weighted by Crippen LogP contribution is 2.09. The summed E-state index contributed by atoms with van der Waals surface area (Å²) in [5.41, 5.74) is 0. The van der Waals surface area contributed by atoms with Crippen LogP contribution in [-0.4, -0.2) is 0 Å². The van der Waals surface area contributed by atoms with Crippen LogP contribution in [0, 0.1) is 6.92 Å². The van der Waals surface area contributed by atoms with E-state index < -0.39 is 0 Å². The molecular formula is C17H31. The van der Waals surface area contributed by atoms with Gasteiger partial charge in [-0.1, -0.05) is 83.1 Å². The molecule has 0 rings (SSSR count). The molecule has 0 aliphatic heterocycles. The predicted octanol–water partition coefficient (Wildman–Crippen LogP) is 6.24. The van der Waals surface area contributed by atoms with Crippen LogP contribution in [0.5, 0.6) is 0 Å². The Hall–Kier alpha value is -0.520. The molecule has 0 aliphatic rings. The van der Waals surface area contributed by atoms with Gasteiger partial charge in [-0.05, 0) is 25.7 Å². The van der Waals surface area contributed by atoms with E-state index in [1.165, 1.54) is 51.4 Å². The highest BCUT2D eigenvalue weighted by atomic mass is 14.0. The minimum Gasteiger partial charge on any atom is -0.0885 e. The molecule has 0 N–H and O–H groups in total. The van der Waals surface area contributed by atoms with E-state index in [9.17, 15) is 0 Å². The lowest BCUT2D eigenvalue weighted by atomic mass is 10.1. The normalized spacial score (nSPS) is 11.9. The van der Waals surface area contributed by atoms with Gasteiger partial charge >= 0.3 is 0 Å². The van der Waals surface area contributed by atoms with Gasteiger partial charge in [0.2, 0.25) is 0 Å². The average molecular weight is 235 g/mol. The maximum Gasteiger partial charge on any atom is -0.0169 e. The highest BCUT2D eigenvalue weighted by Gasteiger charge is 1.90. The molecule has 0 spiro atoms. The number of allylic oxidation sites excluding steroid dienone is 4. The largest absolute Gasteiger partial charge is 0.0885 e. The Morgan fingerprint density at radius 2 is 1.29 bits per heavy atom. The molecule has 0 atom stereocenters. The number of unbranched alkanes of at least 4 members (excludes halogenated alkanes) is 8. The Morgan fingerprint density at radius 1 is 0.706 bits per heavy atom. The second kappa shape index (κ2) is 15.5. The van der Waals surface area contributed by atoms with Crippen LogP contribution >= 0.6 is 0 Å². The van der Waals surface area contributed by atoms with Gasteiger partial charge in [-0.15, -0.1) is 0 Å². The number of hydrogen-bond acceptors (Lipinski definition) is 0. The minimum atomic E-state index is 1.11. The van der Waals surface area contributed by atoms with Crippen molar-refractivity contribution < 1.29 is 0 Å². The van der Waals surface area contributed by atoms with Crippen LogP contribution in [-0.2, 0) is 0 Å². The van der Waals surface area contributed by atoms with Gasteiger partial charge in [0.25, 0.3) is 0 Å². The van der Waals surface area contributed by atoms with Crippen molar-refractivity contribution in [2.75, 3.05) is 0 Å². The van der Waals surface area contributed by atoms with Crippen molar-refractivity contribution in [3.05, 3.63) is 31.2 Å². The molecular weight excluding hydrogens is 204 g/mol. The summed E-state index contributed by atoms with van der Waals surface area (Å²) in [6, 6.07) is 0.